The normalized spacial score (nSPS) is 18.4. The maximum atomic E-state index is 10.8. The Balaban J connectivity index is 1.87. The maximum Gasteiger partial charge on any atom is 0.208 e. The van der Waals surface area contributed by atoms with E-state index in [2.05, 4.69) is 14.9 Å². The van der Waals surface area contributed by atoms with Crippen LogP contribution in [0.1, 0.15) is 6.42 Å². The zero-order chi connectivity index (χ0) is 12.6. The fourth-order valence-electron chi connectivity index (χ4n) is 1.66. The standard InChI is InChI=1S/C10H23N3O3S/c1-17(14,15)12-4-2-3-11-5-6-13-7-9-16-10-8-13/h11-12H,2-10H2,1H3. The highest BCUT2D eigenvalue weighted by molar-refractivity contribution is 7.88. The van der Waals surface area contributed by atoms with Crippen LogP contribution in [-0.2, 0) is 14.8 Å². The van der Waals surface area contributed by atoms with Crippen molar-refractivity contribution in [1.29, 1.82) is 0 Å². The molecule has 1 heterocycles. The Morgan fingerprint density at radius 1 is 1.18 bits per heavy atom. The summed E-state index contributed by atoms with van der Waals surface area (Å²) in [5.41, 5.74) is 0. The predicted octanol–water partition coefficient (Wildman–Crippen LogP) is -1.15. The zero-order valence-corrected chi connectivity index (χ0v) is 11.3. The molecule has 2 N–H and O–H groups in total. The first-order valence-electron chi connectivity index (χ1n) is 6.03. The molecule has 0 aliphatic carbocycles. The molecule has 1 aliphatic rings. The molecule has 0 unspecified atom stereocenters. The summed E-state index contributed by atoms with van der Waals surface area (Å²) >= 11 is 0. The number of nitrogens with zero attached hydrogens (tertiary/aromatic N) is 1. The van der Waals surface area contributed by atoms with Crippen molar-refractivity contribution in [3.8, 4) is 0 Å². The molecule has 1 aliphatic heterocycles. The van der Waals surface area contributed by atoms with E-state index < -0.39 is 10.0 Å². The molecule has 1 rings (SSSR count). The third-order valence-electron chi connectivity index (χ3n) is 2.60. The van der Waals surface area contributed by atoms with Crippen LogP contribution in [0, 0.1) is 0 Å². The summed E-state index contributed by atoms with van der Waals surface area (Å²) in [5.74, 6) is 0. The first-order chi connectivity index (χ1) is 8.08. The van der Waals surface area contributed by atoms with Gasteiger partial charge in [0.1, 0.15) is 0 Å². The van der Waals surface area contributed by atoms with Crippen molar-refractivity contribution in [1.82, 2.24) is 14.9 Å². The third-order valence-corrected chi connectivity index (χ3v) is 3.33. The van der Waals surface area contributed by atoms with Gasteiger partial charge in [-0.3, -0.25) is 4.90 Å². The second-order valence-electron chi connectivity index (χ2n) is 4.22. The predicted molar refractivity (Wildman–Crippen MR) is 67.6 cm³/mol. The topological polar surface area (TPSA) is 70.7 Å². The van der Waals surface area contributed by atoms with Crippen molar-refractivity contribution in [2.75, 3.05) is 58.7 Å². The van der Waals surface area contributed by atoms with Crippen LogP contribution in [0.2, 0.25) is 0 Å². The third kappa shape index (κ3) is 8.50. The molecule has 0 atom stereocenters. The molecule has 0 aromatic carbocycles. The molecule has 0 radical (unpaired) electrons. The SMILES string of the molecule is CS(=O)(=O)NCCCNCCN1CCOCC1. The Labute approximate surface area is 104 Å². The molecular weight excluding hydrogens is 242 g/mol. The average Bonchev–Trinajstić information content (AvgIpc) is 2.28. The molecule has 0 amide bonds. The number of morpholine rings is 1. The van der Waals surface area contributed by atoms with Gasteiger partial charge in [-0.15, -0.1) is 0 Å². The summed E-state index contributed by atoms with van der Waals surface area (Å²) < 4.78 is 29.3. The highest BCUT2D eigenvalue weighted by atomic mass is 32.2. The quantitative estimate of drug-likeness (QED) is 0.542. The Bertz CT molecular complexity index is 289. The molecule has 0 saturated carbocycles. The van der Waals surface area contributed by atoms with Crippen LogP contribution in [0.25, 0.3) is 0 Å². The highest BCUT2D eigenvalue weighted by Gasteiger charge is 2.08. The number of nitrogens with one attached hydrogen (secondary N) is 2. The Hall–Kier alpha value is -0.210. The summed E-state index contributed by atoms with van der Waals surface area (Å²) in [6.45, 7) is 7.00. The van der Waals surface area contributed by atoms with E-state index in [4.69, 9.17) is 4.74 Å². The first kappa shape index (κ1) is 14.8. The van der Waals surface area contributed by atoms with Crippen LogP contribution in [0.4, 0.5) is 0 Å². The van der Waals surface area contributed by atoms with E-state index in [0.29, 0.717) is 6.54 Å². The highest BCUT2D eigenvalue weighted by Crippen LogP contribution is 1.94. The molecule has 6 nitrogen and oxygen atoms in total. The number of rotatable bonds is 8. The van der Waals surface area contributed by atoms with Gasteiger partial charge in [-0.25, -0.2) is 13.1 Å². The van der Waals surface area contributed by atoms with Crippen molar-refractivity contribution in [2.24, 2.45) is 0 Å². The van der Waals surface area contributed by atoms with E-state index >= 15 is 0 Å². The van der Waals surface area contributed by atoms with E-state index in [1.54, 1.807) is 0 Å². The fraction of sp³-hybridized carbons (Fsp3) is 1.00. The van der Waals surface area contributed by atoms with Gasteiger partial charge in [-0.05, 0) is 13.0 Å². The van der Waals surface area contributed by atoms with Crippen LogP contribution in [0.5, 0.6) is 0 Å². The van der Waals surface area contributed by atoms with E-state index in [-0.39, 0.29) is 0 Å². The average molecular weight is 265 g/mol. The van der Waals surface area contributed by atoms with Crippen molar-refractivity contribution in [3.63, 3.8) is 0 Å². The lowest BCUT2D eigenvalue weighted by molar-refractivity contribution is 0.0384. The minimum absolute atomic E-state index is 0.503. The number of sulfonamides is 1. The van der Waals surface area contributed by atoms with Gasteiger partial charge in [0.2, 0.25) is 10.0 Å². The lowest BCUT2D eigenvalue weighted by atomic mass is 10.4. The van der Waals surface area contributed by atoms with Gasteiger partial charge in [-0.1, -0.05) is 0 Å². The van der Waals surface area contributed by atoms with Gasteiger partial charge in [-0.2, -0.15) is 0 Å². The van der Waals surface area contributed by atoms with E-state index in [9.17, 15) is 8.42 Å². The molecule has 17 heavy (non-hydrogen) atoms. The van der Waals surface area contributed by atoms with Crippen LogP contribution in [-0.4, -0.2) is 72.1 Å². The minimum atomic E-state index is -3.03. The first-order valence-corrected chi connectivity index (χ1v) is 7.92. The fourth-order valence-corrected chi connectivity index (χ4v) is 2.17. The van der Waals surface area contributed by atoms with Gasteiger partial charge >= 0.3 is 0 Å². The number of hydrogen-bond acceptors (Lipinski definition) is 5. The number of ether oxygens (including phenoxy) is 1. The monoisotopic (exact) mass is 265 g/mol. The van der Waals surface area contributed by atoms with Crippen molar-refractivity contribution < 1.29 is 13.2 Å². The summed E-state index contributed by atoms with van der Waals surface area (Å²) in [5, 5.41) is 3.30. The molecule has 7 heteroatoms. The lowest BCUT2D eigenvalue weighted by Gasteiger charge is -2.26. The molecule has 0 bridgehead atoms. The molecule has 0 aromatic rings. The smallest absolute Gasteiger partial charge is 0.208 e. The van der Waals surface area contributed by atoms with Gasteiger partial charge in [0.15, 0.2) is 0 Å². The van der Waals surface area contributed by atoms with Crippen LogP contribution >= 0.6 is 0 Å². The molecule has 0 aromatic heterocycles. The van der Waals surface area contributed by atoms with Gasteiger partial charge in [0, 0.05) is 32.7 Å². The Morgan fingerprint density at radius 3 is 2.53 bits per heavy atom. The molecular formula is C10H23N3O3S. The second kappa shape index (κ2) is 7.99. The number of hydrogen-bond donors (Lipinski definition) is 2. The summed E-state index contributed by atoms with van der Waals surface area (Å²) in [4.78, 5) is 2.37. The van der Waals surface area contributed by atoms with Gasteiger partial charge in [0.05, 0.1) is 19.5 Å². The summed E-state index contributed by atoms with van der Waals surface area (Å²) in [6, 6.07) is 0. The molecule has 102 valence electrons. The second-order valence-corrected chi connectivity index (χ2v) is 6.06. The van der Waals surface area contributed by atoms with Crippen molar-refractivity contribution in [3.05, 3.63) is 0 Å². The molecule has 1 saturated heterocycles. The van der Waals surface area contributed by atoms with Crippen LogP contribution in [0.15, 0.2) is 0 Å². The van der Waals surface area contributed by atoms with Gasteiger partial charge < -0.3 is 10.1 Å². The minimum Gasteiger partial charge on any atom is -0.379 e. The molecule has 1 fully saturated rings. The van der Waals surface area contributed by atoms with Crippen LogP contribution < -0.4 is 10.0 Å². The van der Waals surface area contributed by atoms with Crippen molar-refractivity contribution >= 4 is 10.0 Å². The lowest BCUT2D eigenvalue weighted by Crippen LogP contribution is -2.40. The molecule has 0 spiro atoms. The van der Waals surface area contributed by atoms with E-state index in [1.165, 1.54) is 6.26 Å². The maximum absolute atomic E-state index is 10.8. The Kier molecular flexibility index (Phi) is 6.98. The van der Waals surface area contributed by atoms with Crippen LogP contribution in [0.3, 0.4) is 0 Å². The summed E-state index contributed by atoms with van der Waals surface area (Å²) in [7, 11) is -3.03. The van der Waals surface area contributed by atoms with E-state index in [1.807, 2.05) is 0 Å². The summed E-state index contributed by atoms with van der Waals surface area (Å²) in [6.07, 6.45) is 2.00. The van der Waals surface area contributed by atoms with Gasteiger partial charge in [0.25, 0.3) is 0 Å². The van der Waals surface area contributed by atoms with E-state index in [0.717, 1.165) is 52.4 Å². The Morgan fingerprint density at radius 2 is 1.88 bits per heavy atom. The van der Waals surface area contributed by atoms with Crippen molar-refractivity contribution in [2.45, 2.75) is 6.42 Å². The largest absolute Gasteiger partial charge is 0.379 e. The zero-order valence-electron chi connectivity index (χ0n) is 10.4.